The molecule has 1 fully saturated rings. The van der Waals surface area contributed by atoms with Crippen LogP contribution in [0.25, 0.3) is 0 Å². The van der Waals surface area contributed by atoms with E-state index in [0.717, 1.165) is 37.2 Å². The second-order valence-corrected chi connectivity index (χ2v) is 6.48. The van der Waals surface area contributed by atoms with Gasteiger partial charge in [0.2, 0.25) is 5.91 Å². The molecule has 5 heteroatoms. The van der Waals surface area contributed by atoms with Crippen molar-refractivity contribution in [3.63, 3.8) is 0 Å². The van der Waals surface area contributed by atoms with Crippen molar-refractivity contribution >= 4 is 5.91 Å². The Morgan fingerprint density at radius 3 is 3.00 bits per heavy atom. The molecule has 0 spiro atoms. The SMILES string of the molecule is COc1cccc(CN(C)C(=O)CN2CCCC(C(C)O)C2)c1. The smallest absolute Gasteiger partial charge is 0.236 e. The first-order valence-corrected chi connectivity index (χ1v) is 8.27. The molecule has 2 atom stereocenters. The number of likely N-dealkylation sites (N-methyl/N-ethyl adjacent to an activating group) is 1. The largest absolute Gasteiger partial charge is 0.497 e. The van der Waals surface area contributed by atoms with Crippen LogP contribution in [0.3, 0.4) is 0 Å². The number of amides is 1. The van der Waals surface area contributed by atoms with Gasteiger partial charge in [-0.2, -0.15) is 0 Å². The zero-order valence-corrected chi connectivity index (χ0v) is 14.4. The first-order chi connectivity index (χ1) is 11.0. The molecule has 1 N–H and O–H groups in total. The van der Waals surface area contributed by atoms with Gasteiger partial charge in [0, 0.05) is 20.1 Å². The minimum Gasteiger partial charge on any atom is -0.497 e. The van der Waals surface area contributed by atoms with Crippen LogP contribution >= 0.6 is 0 Å². The number of hydrogen-bond acceptors (Lipinski definition) is 4. The van der Waals surface area contributed by atoms with Gasteiger partial charge in [0.25, 0.3) is 0 Å². The normalized spacial score (nSPS) is 20.1. The second-order valence-electron chi connectivity index (χ2n) is 6.48. The number of methoxy groups -OCH3 is 1. The van der Waals surface area contributed by atoms with Crippen LogP contribution < -0.4 is 4.74 Å². The van der Waals surface area contributed by atoms with Gasteiger partial charge in [-0.3, -0.25) is 9.69 Å². The first-order valence-electron chi connectivity index (χ1n) is 8.27. The minimum atomic E-state index is -0.303. The number of aliphatic hydroxyl groups excluding tert-OH is 1. The van der Waals surface area contributed by atoms with E-state index in [-0.39, 0.29) is 17.9 Å². The molecule has 1 aromatic carbocycles. The predicted octanol–water partition coefficient (Wildman–Crippen LogP) is 1.75. The van der Waals surface area contributed by atoms with Crippen molar-refractivity contribution in [3.05, 3.63) is 29.8 Å². The fourth-order valence-corrected chi connectivity index (χ4v) is 3.07. The number of piperidine rings is 1. The summed E-state index contributed by atoms with van der Waals surface area (Å²) in [5, 5.41) is 9.75. The predicted molar refractivity (Wildman–Crippen MR) is 90.3 cm³/mol. The average molecular weight is 320 g/mol. The number of benzene rings is 1. The minimum absolute atomic E-state index is 0.110. The molecule has 0 saturated carbocycles. The molecule has 0 aromatic heterocycles. The van der Waals surface area contributed by atoms with Gasteiger partial charge in [0.15, 0.2) is 0 Å². The number of likely N-dealkylation sites (tertiary alicyclic amines) is 1. The summed E-state index contributed by atoms with van der Waals surface area (Å²) < 4.78 is 5.22. The number of hydrogen-bond donors (Lipinski definition) is 1. The third kappa shape index (κ3) is 5.22. The summed E-state index contributed by atoms with van der Waals surface area (Å²) in [6.07, 6.45) is 1.78. The zero-order chi connectivity index (χ0) is 16.8. The number of rotatable bonds is 6. The Morgan fingerprint density at radius 1 is 1.52 bits per heavy atom. The lowest BCUT2D eigenvalue weighted by atomic mass is 9.93. The molecule has 1 amide bonds. The van der Waals surface area contributed by atoms with Gasteiger partial charge in [-0.25, -0.2) is 0 Å². The molecule has 128 valence electrons. The third-order valence-corrected chi connectivity index (χ3v) is 4.56. The van der Waals surface area contributed by atoms with Crippen molar-refractivity contribution in [1.29, 1.82) is 0 Å². The molecular formula is C18H28N2O3. The summed E-state index contributed by atoms with van der Waals surface area (Å²) in [5.74, 6) is 1.19. The van der Waals surface area contributed by atoms with Crippen molar-refractivity contribution in [2.45, 2.75) is 32.4 Å². The monoisotopic (exact) mass is 320 g/mol. The summed E-state index contributed by atoms with van der Waals surface area (Å²) >= 11 is 0. The average Bonchev–Trinajstić information content (AvgIpc) is 2.55. The van der Waals surface area contributed by atoms with E-state index in [2.05, 4.69) is 4.90 Å². The lowest BCUT2D eigenvalue weighted by molar-refractivity contribution is -0.132. The lowest BCUT2D eigenvalue weighted by Gasteiger charge is -2.34. The number of carbonyl (C=O) groups is 1. The summed E-state index contributed by atoms with van der Waals surface area (Å²) in [6.45, 7) is 4.57. The van der Waals surface area contributed by atoms with E-state index in [1.165, 1.54) is 0 Å². The Balaban J connectivity index is 1.87. The highest BCUT2D eigenvalue weighted by molar-refractivity contribution is 5.78. The molecule has 2 rings (SSSR count). The van der Waals surface area contributed by atoms with Gasteiger partial charge < -0.3 is 14.7 Å². The van der Waals surface area contributed by atoms with Gasteiger partial charge in [-0.15, -0.1) is 0 Å². The van der Waals surface area contributed by atoms with Crippen molar-refractivity contribution in [3.8, 4) is 5.75 Å². The van der Waals surface area contributed by atoms with Crippen LogP contribution in [0.2, 0.25) is 0 Å². The van der Waals surface area contributed by atoms with Gasteiger partial charge in [-0.1, -0.05) is 12.1 Å². The molecular weight excluding hydrogens is 292 g/mol. The van der Waals surface area contributed by atoms with Gasteiger partial charge >= 0.3 is 0 Å². The van der Waals surface area contributed by atoms with Crippen LogP contribution in [0.5, 0.6) is 5.75 Å². The number of carbonyl (C=O) groups excluding carboxylic acids is 1. The first kappa shape index (κ1) is 17.8. The molecule has 5 nitrogen and oxygen atoms in total. The number of aliphatic hydroxyl groups is 1. The summed E-state index contributed by atoms with van der Waals surface area (Å²) in [7, 11) is 3.47. The van der Waals surface area contributed by atoms with Crippen LogP contribution in [-0.2, 0) is 11.3 Å². The number of ether oxygens (including phenoxy) is 1. The van der Waals surface area contributed by atoms with Crippen molar-refractivity contribution < 1.29 is 14.6 Å². The maximum atomic E-state index is 12.4. The van der Waals surface area contributed by atoms with E-state index in [1.54, 1.807) is 12.0 Å². The molecule has 1 aliphatic rings. The zero-order valence-electron chi connectivity index (χ0n) is 14.4. The van der Waals surface area contributed by atoms with Crippen LogP contribution in [-0.4, -0.2) is 60.7 Å². The number of nitrogens with zero attached hydrogens (tertiary/aromatic N) is 2. The third-order valence-electron chi connectivity index (χ3n) is 4.56. The van der Waals surface area contributed by atoms with Crippen molar-refractivity contribution in [2.24, 2.45) is 5.92 Å². The highest BCUT2D eigenvalue weighted by atomic mass is 16.5. The molecule has 1 aromatic rings. The van der Waals surface area contributed by atoms with E-state index in [4.69, 9.17) is 4.74 Å². The van der Waals surface area contributed by atoms with Crippen molar-refractivity contribution in [1.82, 2.24) is 9.80 Å². The highest BCUT2D eigenvalue weighted by Gasteiger charge is 2.25. The maximum absolute atomic E-state index is 12.4. The molecule has 0 aliphatic carbocycles. The second kappa shape index (κ2) is 8.31. The Hall–Kier alpha value is -1.59. The van der Waals surface area contributed by atoms with E-state index in [0.29, 0.717) is 13.1 Å². The molecule has 1 saturated heterocycles. The molecule has 0 radical (unpaired) electrons. The fourth-order valence-electron chi connectivity index (χ4n) is 3.07. The summed E-state index contributed by atoms with van der Waals surface area (Å²) in [6, 6.07) is 7.78. The van der Waals surface area contributed by atoms with Gasteiger partial charge in [0.1, 0.15) is 5.75 Å². The molecule has 1 aliphatic heterocycles. The Bertz CT molecular complexity index is 519. The quantitative estimate of drug-likeness (QED) is 0.867. The summed E-state index contributed by atoms with van der Waals surface area (Å²) in [4.78, 5) is 16.3. The van der Waals surface area contributed by atoms with Crippen molar-refractivity contribution in [2.75, 3.05) is 33.8 Å². The topological polar surface area (TPSA) is 53.0 Å². The van der Waals surface area contributed by atoms with E-state index in [1.807, 2.05) is 38.2 Å². The molecule has 2 unspecified atom stereocenters. The lowest BCUT2D eigenvalue weighted by Crippen LogP contribution is -2.44. The van der Waals surface area contributed by atoms with Crippen LogP contribution in [0.1, 0.15) is 25.3 Å². The van der Waals surface area contributed by atoms with Gasteiger partial charge in [0.05, 0.1) is 19.8 Å². The maximum Gasteiger partial charge on any atom is 0.236 e. The van der Waals surface area contributed by atoms with Crippen LogP contribution in [0.4, 0.5) is 0 Å². The molecule has 1 heterocycles. The molecule has 23 heavy (non-hydrogen) atoms. The molecule has 0 bridgehead atoms. The Labute approximate surface area is 138 Å². The Kier molecular flexibility index (Phi) is 6.42. The van der Waals surface area contributed by atoms with Crippen LogP contribution in [0.15, 0.2) is 24.3 Å². The fraction of sp³-hybridized carbons (Fsp3) is 0.611. The highest BCUT2D eigenvalue weighted by Crippen LogP contribution is 2.20. The van der Waals surface area contributed by atoms with E-state index in [9.17, 15) is 9.90 Å². The summed E-state index contributed by atoms with van der Waals surface area (Å²) in [5.41, 5.74) is 1.06. The van der Waals surface area contributed by atoms with Crippen LogP contribution in [0, 0.1) is 5.92 Å². The Morgan fingerprint density at radius 2 is 2.30 bits per heavy atom. The van der Waals surface area contributed by atoms with Gasteiger partial charge in [-0.05, 0) is 49.9 Å². The van der Waals surface area contributed by atoms with E-state index < -0.39 is 0 Å². The standard InChI is InChI=1S/C18H28N2O3/c1-14(21)16-7-5-9-20(12-16)13-18(22)19(2)11-15-6-4-8-17(10-15)23-3/h4,6,8,10,14,16,21H,5,7,9,11-13H2,1-3H3. The van der Waals surface area contributed by atoms with E-state index >= 15 is 0 Å².